The van der Waals surface area contributed by atoms with Crippen LogP contribution in [0, 0.1) is 0 Å². The Morgan fingerprint density at radius 3 is 2.61 bits per heavy atom. The summed E-state index contributed by atoms with van der Waals surface area (Å²) >= 11 is 0. The van der Waals surface area contributed by atoms with Crippen LogP contribution in [-0.2, 0) is 0 Å². The molecular formula is C21H21F2N7O. The summed E-state index contributed by atoms with van der Waals surface area (Å²) in [5.41, 5.74) is 1.96. The molecule has 0 aliphatic heterocycles. The fourth-order valence-electron chi connectivity index (χ4n) is 4.87. The molecule has 0 spiro atoms. The number of aromatic amines is 1. The number of hydrogen-bond donors (Lipinski definition) is 1. The van der Waals surface area contributed by atoms with Crippen molar-refractivity contribution in [1.82, 2.24) is 34.3 Å². The van der Waals surface area contributed by atoms with E-state index >= 15 is 0 Å². The molecular weight excluding hydrogens is 404 g/mol. The second-order valence-corrected chi connectivity index (χ2v) is 8.65. The zero-order chi connectivity index (χ0) is 21.2. The Labute approximate surface area is 175 Å². The van der Waals surface area contributed by atoms with Gasteiger partial charge in [0, 0.05) is 30.9 Å². The number of nitrogens with one attached hydrogen (secondary N) is 1. The van der Waals surface area contributed by atoms with Crippen molar-refractivity contribution >= 4 is 16.7 Å². The van der Waals surface area contributed by atoms with Gasteiger partial charge in [-0.25, -0.2) is 27.9 Å². The van der Waals surface area contributed by atoms with Gasteiger partial charge in [0.25, 0.3) is 5.56 Å². The van der Waals surface area contributed by atoms with E-state index < -0.39 is 5.92 Å². The van der Waals surface area contributed by atoms with Gasteiger partial charge in [0.15, 0.2) is 11.3 Å². The quantitative estimate of drug-likeness (QED) is 0.542. The highest BCUT2D eigenvalue weighted by Crippen LogP contribution is 2.47. The maximum atomic E-state index is 13.6. The SMILES string of the molecule is O=c1[nH]c([C@H]2CC[C@@H]2c2cn3ncccc3n2)nc2c1cnn2C1CCC(F)(F)CC1. The second-order valence-electron chi connectivity index (χ2n) is 8.65. The minimum absolute atomic E-state index is 0.0426. The third-order valence-electron chi connectivity index (χ3n) is 6.78. The Balaban J connectivity index is 1.35. The Bertz CT molecular complexity index is 1300. The van der Waals surface area contributed by atoms with Crippen molar-refractivity contribution < 1.29 is 8.78 Å². The number of nitrogens with zero attached hydrogens (tertiary/aromatic N) is 6. The number of rotatable bonds is 3. The minimum Gasteiger partial charge on any atom is -0.310 e. The molecule has 31 heavy (non-hydrogen) atoms. The summed E-state index contributed by atoms with van der Waals surface area (Å²) < 4.78 is 30.6. The van der Waals surface area contributed by atoms with Crippen LogP contribution in [0.3, 0.4) is 0 Å². The monoisotopic (exact) mass is 425 g/mol. The summed E-state index contributed by atoms with van der Waals surface area (Å²) in [5.74, 6) is -1.81. The lowest BCUT2D eigenvalue weighted by molar-refractivity contribution is -0.0446. The Morgan fingerprint density at radius 1 is 1.06 bits per heavy atom. The van der Waals surface area contributed by atoms with E-state index in [-0.39, 0.29) is 36.3 Å². The molecule has 2 aliphatic rings. The molecule has 0 saturated heterocycles. The van der Waals surface area contributed by atoms with Gasteiger partial charge < -0.3 is 4.98 Å². The van der Waals surface area contributed by atoms with Gasteiger partial charge in [0.1, 0.15) is 11.2 Å². The number of fused-ring (bicyclic) bond motifs is 2. The molecule has 2 atom stereocenters. The van der Waals surface area contributed by atoms with Gasteiger partial charge in [-0.3, -0.25) is 4.79 Å². The molecule has 4 aromatic rings. The molecule has 160 valence electrons. The largest absolute Gasteiger partial charge is 0.310 e. The van der Waals surface area contributed by atoms with E-state index in [1.807, 2.05) is 18.3 Å². The van der Waals surface area contributed by atoms with E-state index in [4.69, 9.17) is 4.98 Å². The highest BCUT2D eigenvalue weighted by atomic mass is 19.3. The number of imidazole rings is 1. The smallest absolute Gasteiger partial charge is 0.262 e. The Hall–Kier alpha value is -3.17. The van der Waals surface area contributed by atoms with Crippen LogP contribution >= 0.6 is 0 Å². The summed E-state index contributed by atoms with van der Waals surface area (Å²) in [5, 5.41) is 9.02. The van der Waals surface area contributed by atoms with Crippen molar-refractivity contribution in [3.63, 3.8) is 0 Å². The van der Waals surface area contributed by atoms with Gasteiger partial charge >= 0.3 is 0 Å². The lowest BCUT2D eigenvalue weighted by atomic mass is 9.71. The number of hydrogen-bond acceptors (Lipinski definition) is 5. The third kappa shape index (κ3) is 3.03. The van der Waals surface area contributed by atoms with E-state index in [0.717, 1.165) is 24.2 Å². The molecule has 2 saturated carbocycles. The van der Waals surface area contributed by atoms with Crippen LogP contribution in [0.1, 0.15) is 67.9 Å². The van der Waals surface area contributed by atoms with E-state index in [1.54, 1.807) is 15.4 Å². The fourth-order valence-corrected chi connectivity index (χ4v) is 4.87. The first-order valence-electron chi connectivity index (χ1n) is 10.6. The van der Waals surface area contributed by atoms with Crippen LogP contribution in [0.2, 0.25) is 0 Å². The van der Waals surface area contributed by atoms with Gasteiger partial charge in [-0.15, -0.1) is 0 Å². The second kappa shape index (κ2) is 6.66. The summed E-state index contributed by atoms with van der Waals surface area (Å²) in [4.78, 5) is 25.1. The van der Waals surface area contributed by atoms with Crippen molar-refractivity contribution in [3.8, 4) is 0 Å². The number of H-pyrrole nitrogens is 1. The van der Waals surface area contributed by atoms with Gasteiger partial charge in [-0.1, -0.05) is 0 Å². The number of alkyl halides is 2. The van der Waals surface area contributed by atoms with Crippen molar-refractivity contribution in [2.24, 2.45) is 0 Å². The summed E-state index contributed by atoms with van der Waals surface area (Å²) in [6.07, 6.45) is 7.30. The van der Waals surface area contributed by atoms with Crippen LogP contribution < -0.4 is 5.56 Å². The number of halogens is 2. The van der Waals surface area contributed by atoms with Gasteiger partial charge in [-0.05, 0) is 37.8 Å². The van der Waals surface area contributed by atoms with Gasteiger partial charge in [-0.2, -0.15) is 10.2 Å². The number of aromatic nitrogens is 7. The van der Waals surface area contributed by atoms with Crippen LogP contribution in [0.15, 0.2) is 35.5 Å². The summed E-state index contributed by atoms with van der Waals surface area (Å²) in [6.45, 7) is 0. The van der Waals surface area contributed by atoms with E-state index in [2.05, 4.69) is 20.2 Å². The fraction of sp³-hybridized carbons (Fsp3) is 0.476. The predicted octanol–water partition coefficient (Wildman–Crippen LogP) is 3.57. The van der Waals surface area contributed by atoms with Crippen LogP contribution in [0.5, 0.6) is 0 Å². The minimum atomic E-state index is -2.61. The Morgan fingerprint density at radius 2 is 1.87 bits per heavy atom. The molecule has 0 radical (unpaired) electrons. The molecule has 10 heteroatoms. The summed E-state index contributed by atoms with van der Waals surface area (Å²) in [6, 6.07) is 3.59. The zero-order valence-corrected chi connectivity index (χ0v) is 16.7. The van der Waals surface area contributed by atoms with E-state index in [1.165, 1.54) is 6.20 Å². The van der Waals surface area contributed by atoms with Crippen molar-refractivity contribution in [3.05, 3.63) is 52.6 Å². The average Bonchev–Trinajstić information content (AvgIpc) is 3.31. The lowest BCUT2D eigenvalue weighted by Crippen LogP contribution is -2.28. The molecule has 4 heterocycles. The van der Waals surface area contributed by atoms with Gasteiger partial charge in [0.2, 0.25) is 5.92 Å². The van der Waals surface area contributed by atoms with Crippen molar-refractivity contribution in [1.29, 1.82) is 0 Å². The highest BCUT2D eigenvalue weighted by Gasteiger charge is 2.39. The summed E-state index contributed by atoms with van der Waals surface area (Å²) in [7, 11) is 0. The first-order chi connectivity index (χ1) is 15.0. The maximum absolute atomic E-state index is 13.6. The van der Waals surface area contributed by atoms with E-state index in [9.17, 15) is 13.6 Å². The molecule has 2 aliphatic carbocycles. The van der Waals surface area contributed by atoms with Crippen molar-refractivity contribution in [2.45, 2.75) is 62.3 Å². The molecule has 0 unspecified atom stereocenters. The lowest BCUT2D eigenvalue weighted by Gasteiger charge is -2.34. The molecule has 4 aromatic heterocycles. The van der Waals surface area contributed by atoms with Crippen LogP contribution in [-0.4, -0.2) is 40.3 Å². The first-order valence-corrected chi connectivity index (χ1v) is 10.6. The zero-order valence-electron chi connectivity index (χ0n) is 16.7. The van der Waals surface area contributed by atoms with Crippen LogP contribution in [0.4, 0.5) is 8.78 Å². The predicted molar refractivity (Wildman–Crippen MR) is 108 cm³/mol. The highest BCUT2D eigenvalue weighted by molar-refractivity contribution is 5.73. The molecule has 6 rings (SSSR count). The average molecular weight is 425 g/mol. The molecule has 0 bridgehead atoms. The third-order valence-corrected chi connectivity index (χ3v) is 6.78. The molecule has 0 amide bonds. The molecule has 8 nitrogen and oxygen atoms in total. The normalized spacial score (nSPS) is 23.9. The Kier molecular flexibility index (Phi) is 4.00. The maximum Gasteiger partial charge on any atom is 0.262 e. The topological polar surface area (TPSA) is 93.8 Å². The first kappa shape index (κ1) is 18.6. The standard InChI is InChI=1S/C21H21F2N7O/c22-21(23)7-5-12(6-8-21)30-19-15(10-25-30)20(31)28-18(27-19)14-4-3-13(14)16-11-29-17(26-16)2-1-9-24-29/h1-2,9-14H,3-8H2,(H,27,28,31)/t13-,14-/m0/s1. The molecule has 0 aromatic carbocycles. The molecule has 2 fully saturated rings. The molecule has 1 N–H and O–H groups in total. The van der Waals surface area contributed by atoms with Crippen LogP contribution in [0.25, 0.3) is 16.7 Å². The van der Waals surface area contributed by atoms with E-state index in [0.29, 0.717) is 29.7 Å². The van der Waals surface area contributed by atoms with Crippen molar-refractivity contribution in [2.75, 3.05) is 0 Å². The van der Waals surface area contributed by atoms with Gasteiger partial charge in [0.05, 0.1) is 24.1 Å².